The van der Waals surface area contributed by atoms with Crippen molar-refractivity contribution in [3.63, 3.8) is 0 Å². The Hall–Kier alpha value is -3.31. The second-order valence-electron chi connectivity index (χ2n) is 12.4. The van der Waals surface area contributed by atoms with Gasteiger partial charge in [0.05, 0.1) is 17.6 Å². The van der Waals surface area contributed by atoms with Crippen molar-refractivity contribution < 1.29 is 23.7 Å². The second-order valence-corrected chi connectivity index (χ2v) is 12.8. The number of hydrogen-bond donors (Lipinski definition) is 1. The van der Waals surface area contributed by atoms with E-state index in [0.717, 1.165) is 31.2 Å². The molecule has 6 rings (SSSR count). The fraction of sp³-hybridized carbons (Fsp3) is 0.469. The Morgan fingerprint density at radius 3 is 2.67 bits per heavy atom. The molecule has 0 bridgehead atoms. The monoisotopic (exact) mass is 609 g/mol. The van der Waals surface area contributed by atoms with Gasteiger partial charge in [-0.15, -0.1) is 0 Å². The van der Waals surface area contributed by atoms with Gasteiger partial charge < -0.3 is 29.1 Å². The molecule has 1 N–H and O–H groups in total. The van der Waals surface area contributed by atoms with Crippen LogP contribution in [-0.2, 0) is 4.74 Å². The maximum atomic E-state index is 16.7. The molecule has 1 aliphatic carbocycles. The van der Waals surface area contributed by atoms with Gasteiger partial charge in [0.1, 0.15) is 22.8 Å². The molecule has 2 aromatic carbocycles. The van der Waals surface area contributed by atoms with E-state index in [2.05, 4.69) is 14.9 Å². The molecule has 1 unspecified atom stereocenters. The van der Waals surface area contributed by atoms with E-state index in [-0.39, 0.29) is 29.4 Å². The molecule has 0 spiro atoms. The van der Waals surface area contributed by atoms with Gasteiger partial charge in [-0.25, -0.2) is 4.39 Å². The van der Waals surface area contributed by atoms with E-state index in [0.29, 0.717) is 59.0 Å². The molecular formula is C32H37ClFN5O4. The molecule has 2 fully saturated rings. The Morgan fingerprint density at radius 1 is 1.14 bits per heavy atom. The number of methoxy groups -OCH3 is 1. The molecule has 2 aliphatic rings. The molecule has 43 heavy (non-hydrogen) atoms. The van der Waals surface area contributed by atoms with Crippen LogP contribution in [0.25, 0.3) is 32.9 Å². The standard InChI is InChI=1S/C32H37ClFN5O4/c1-31(40)9-6-12-39(16-31)29-23-15-35-27(22-14-21(43-19-41-4)13-20-7-5-8-24(33)25(20)22)26(34)28(23)36-30(37-29)42-18-32(10-11-32)17-38(2)3/h5,7-8,13-15,40H,6,9-12,16-19H2,1-4H3. The first-order valence-electron chi connectivity index (χ1n) is 14.5. The zero-order valence-corrected chi connectivity index (χ0v) is 25.7. The summed E-state index contributed by atoms with van der Waals surface area (Å²) >= 11 is 6.65. The van der Waals surface area contributed by atoms with E-state index in [1.165, 1.54) is 7.11 Å². The predicted octanol–water partition coefficient (Wildman–Crippen LogP) is 5.69. The molecular weight excluding hydrogens is 573 g/mol. The van der Waals surface area contributed by atoms with Crippen LogP contribution in [-0.4, -0.2) is 84.8 Å². The maximum absolute atomic E-state index is 16.7. The molecule has 2 aromatic heterocycles. The van der Waals surface area contributed by atoms with Gasteiger partial charge in [0.25, 0.3) is 0 Å². The molecule has 9 nitrogen and oxygen atoms in total. The molecule has 11 heteroatoms. The average Bonchev–Trinajstić information content (AvgIpc) is 3.73. The summed E-state index contributed by atoms with van der Waals surface area (Å²) in [7, 11) is 5.62. The zero-order valence-electron chi connectivity index (χ0n) is 25.0. The van der Waals surface area contributed by atoms with Crippen LogP contribution >= 0.6 is 11.6 Å². The highest BCUT2D eigenvalue weighted by Gasteiger charge is 2.44. The molecule has 0 amide bonds. The van der Waals surface area contributed by atoms with Gasteiger partial charge in [0, 0.05) is 54.3 Å². The number of piperidine rings is 1. The number of rotatable bonds is 10. The molecule has 0 radical (unpaired) electrons. The number of nitrogens with zero attached hydrogens (tertiary/aromatic N) is 5. The summed E-state index contributed by atoms with van der Waals surface area (Å²) < 4.78 is 33.8. The summed E-state index contributed by atoms with van der Waals surface area (Å²) in [5, 5.41) is 13.2. The molecule has 4 aromatic rings. The molecule has 1 aliphatic heterocycles. The Bertz CT molecular complexity index is 1660. The van der Waals surface area contributed by atoms with E-state index >= 15 is 4.39 Å². The third kappa shape index (κ3) is 6.20. The van der Waals surface area contributed by atoms with E-state index in [1.54, 1.807) is 18.3 Å². The largest absolute Gasteiger partial charge is 0.468 e. The summed E-state index contributed by atoms with van der Waals surface area (Å²) in [6, 6.07) is 9.13. The first-order chi connectivity index (χ1) is 20.6. The quantitative estimate of drug-likeness (QED) is 0.228. The summed E-state index contributed by atoms with van der Waals surface area (Å²) in [6.45, 7) is 4.18. The van der Waals surface area contributed by atoms with Crippen molar-refractivity contribution >= 4 is 39.1 Å². The number of aromatic nitrogens is 3. The van der Waals surface area contributed by atoms with Gasteiger partial charge in [-0.2, -0.15) is 9.97 Å². The summed E-state index contributed by atoms with van der Waals surface area (Å²) in [4.78, 5) is 18.1. The maximum Gasteiger partial charge on any atom is 0.319 e. The highest BCUT2D eigenvalue weighted by Crippen LogP contribution is 2.46. The van der Waals surface area contributed by atoms with Crippen LogP contribution in [0.2, 0.25) is 5.02 Å². The minimum Gasteiger partial charge on any atom is -0.468 e. The number of anilines is 1. The van der Waals surface area contributed by atoms with E-state index in [9.17, 15) is 5.11 Å². The van der Waals surface area contributed by atoms with Crippen molar-refractivity contribution in [1.29, 1.82) is 0 Å². The second kappa shape index (κ2) is 11.6. The Morgan fingerprint density at radius 2 is 1.95 bits per heavy atom. The third-order valence-corrected chi connectivity index (χ3v) is 8.55. The summed E-state index contributed by atoms with van der Waals surface area (Å²) in [5.74, 6) is 0.372. The lowest BCUT2D eigenvalue weighted by Gasteiger charge is -2.37. The minimum absolute atomic E-state index is 0.0331. The zero-order chi connectivity index (χ0) is 30.4. The van der Waals surface area contributed by atoms with Crippen molar-refractivity contribution in [2.75, 3.05) is 59.1 Å². The van der Waals surface area contributed by atoms with Gasteiger partial charge in [0.15, 0.2) is 12.6 Å². The smallest absolute Gasteiger partial charge is 0.319 e. The van der Waals surface area contributed by atoms with Gasteiger partial charge in [-0.05, 0) is 70.3 Å². The lowest BCUT2D eigenvalue weighted by Crippen LogP contribution is -2.46. The van der Waals surface area contributed by atoms with Crippen LogP contribution in [0.3, 0.4) is 0 Å². The molecule has 1 saturated heterocycles. The summed E-state index contributed by atoms with van der Waals surface area (Å²) in [5.41, 5.74) is -0.209. The lowest BCUT2D eigenvalue weighted by atomic mass is 9.95. The van der Waals surface area contributed by atoms with E-state index in [4.69, 9.17) is 30.8 Å². The van der Waals surface area contributed by atoms with Crippen molar-refractivity contribution in [3.05, 3.63) is 47.4 Å². The van der Waals surface area contributed by atoms with E-state index in [1.807, 2.05) is 44.1 Å². The van der Waals surface area contributed by atoms with Crippen LogP contribution in [0.15, 0.2) is 36.5 Å². The van der Waals surface area contributed by atoms with Crippen molar-refractivity contribution in [2.24, 2.45) is 5.41 Å². The normalized spacial score (nSPS) is 19.8. The van der Waals surface area contributed by atoms with Gasteiger partial charge in [-0.3, -0.25) is 4.98 Å². The summed E-state index contributed by atoms with van der Waals surface area (Å²) in [6.07, 6.45) is 5.15. The Kier molecular flexibility index (Phi) is 8.06. The number of benzene rings is 2. The van der Waals surface area contributed by atoms with Crippen molar-refractivity contribution in [3.8, 4) is 23.0 Å². The molecule has 228 valence electrons. The number of halogens is 2. The Balaban J connectivity index is 1.49. The first kappa shape index (κ1) is 29.7. The first-order valence-corrected chi connectivity index (χ1v) is 14.9. The molecule has 1 saturated carbocycles. The average molecular weight is 610 g/mol. The van der Waals surface area contributed by atoms with Crippen LogP contribution in [0.4, 0.5) is 10.2 Å². The van der Waals surface area contributed by atoms with E-state index < -0.39 is 11.4 Å². The number of β-amino-alcohol motifs (C(OH)–C–C–N with tert-alkyl or cyclic N) is 1. The van der Waals surface area contributed by atoms with Gasteiger partial charge in [-0.1, -0.05) is 23.7 Å². The fourth-order valence-corrected chi connectivity index (χ4v) is 6.36. The third-order valence-electron chi connectivity index (χ3n) is 8.23. The van der Waals surface area contributed by atoms with Crippen LogP contribution in [0.5, 0.6) is 11.8 Å². The van der Waals surface area contributed by atoms with Gasteiger partial charge >= 0.3 is 6.01 Å². The fourth-order valence-electron chi connectivity index (χ4n) is 6.08. The highest BCUT2D eigenvalue weighted by molar-refractivity contribution is 6.36. The van der Waals surface area contributed by atoms with Crippen molar-refractivity contribution in [1.82, 2.24) is 19.9 Å². The topological polar surface area (TPSA) is 93.1 Å². The Labute approximate surface area is 255 Å². The molecule has 3 heterocycles. The number of hydrogen-bond acceptors (Lipinski definition) is 9. The molecule has 1 atom stereocenters. The van der Waals surface area contributed by atoms with Crippen LogP contribution in [0, 0.1) is 11.2 Å². The predicted molar refractivity (Wildman–Crippen MR) is 166 cm³/mol. The number of pyridine rings is 1. The van der Waals surface area contributed by atoms with Crippen molar-refractivity contribution in [2.45, 2.75) is 38.2 Å². The number of fused-ring (bicyclic) bond motifs is 2. The number of ether oxygens (including phenoxy) is 3. The minimum atomic E-state index is -0.898. The number of aliphatic hydroxyl groups is 1. The van der Waals surface area contributed by atoms with Gasteiger partial charge in [0.2, 0.25) is 0 Å². The SMILES string of the molecule is COCOc1cc(-c2ncc3c(N4CCCC(C)(O)C4)nc(OCC4(CN(C)C)CC4)nc3c2F)c2c(Cl)cccc2c1. The highest BCUT2D eigenvalue weighted by atomic mass is 35.5. The van der Waals surface area contributed by atoms with Crippen LogP contribution < -0.4 is 14.4 Å². The van der Waals surface area contributed by atoms with Crippen LogP contribution in [0.1, 0.15) is 32.6 Å². The lowest BCUT2D eigenvalue weighted by molar-refractivity contribution is 0.0447.